The van der Waals surface area contributed by atoms with E-state index in [2.05, 4.69) is 4.90 Å². The fraction of sp³-hybridized carbons (Fsp3) is 0.571. The van der Waals surface area contributed by atoms with Gasteiger partial charge in [0.1, 0.15) is 0 Å². The maximum Gasteiger partial charge on any atom is 0.177 e. The maximum absolute atomic E-state index is 11.9. The Morgan fingerprint density at radius 2 is 2.05 bits per heavy atom. The lowest BCUT2D eigenvalue weighted by Crippen LogP contribution is -2.48. The number of hydrogen-bond donors (Lipinski definition) is 0. The van der Waals surface area contributed by atoms with Crippen molar-refractivity contribution < 1.29 is 17.9 Å². The molecule has 0 spiro atoms. The Kier molecular flexibility index (Phi) is 4.67. The fourth-order valence-electron chi connectivity index (χ4n) is 2.55. The minimum Gasteiger partial charge on any atom is -0.382 e. The van der Waals surface area contributed by atoms with Crippen LogP contribution >= 0.6 is 0 Å². The summed E-state index contributed by atoms with van der Waals surface area (Å²) in [7, 11) is -1.61. The normalized spacial score (nSPS) is 23.9. The molecular weight excluding hydrogens is 278 g/mol. The second-order valence-electron chi connectivity index (χ2n) is 5.17. The summed E-state index contributed by atoms with van der Waals surface area (Å²) in [6.07, 6.45) is 1.23. The first-order valence-corrected chi connectivity index (χ1v) is 8.49. The topological polar surface area (TPSA) is 55.8 Å². The minimum atomic E-state index is -3.24. The number of ether oxygens (including phenoxy) is 2. The number of nitrogens with zero attached hydrogens (tertiary/aromatic N) is 1. The van der Waals surface area contributed by atoms with Crippen LogP contribution in [0.15, 0.2) is 29.2 Å². The zero-order valence-electron chi connectivity index (χ0n) is 12.1. The van der Waals surface area contributed by atoms with Crippen LogP contribution in [0.1, 0.15) is 6.92 Å². The van der Waals surface area contributed by atoms with E-state index >= 15 is 0 Å². The second kappa shape index (κ2) is 6.11. The Morgan fingerprint density at radius 1 is 1.35 bits per heavy atom. The van der Waals surface area contributed by atoms with E-state index in [1.807, 2.05) is 19.1 Å². The SMILES string of the molecule is COCC1CN(c2ccccc2S(C)(=O)=O)CC(C)O1. The molecule has 2 atom stereocenters. The molecule has 0 amide bonds. The molecule has 1 aliphatic rings. The number of rotatable bonds is 4. The highest BCUT2D eigenvalue weighted by Crippen LogP contribution is 2.27. The maximum atomic E-state index is 11.9. The molecule has 0 bridgehead atoms. The standard InChI is InChI=1S/C14H21NO4S/c1-11-8-15(9-12(19-11)10-18-2)13-6-4-5-7-14(13)20(3,16)17/h4-7,11-12H,8-10H2,1-3H3. The summed E-state index contributed by atoms with van der Waals surface area (Å²) in [5.74, 6) is 0. The Morgan fingerprint density at radius 3 is 2.70 bits per heavy atom. The van der Waals surface area contributed by atoms with E-state index in [9.17, 15) is 8.42 Å². The van der Waals surface area contributed by atoms with Gasteiger partial charge in [-0.3, -0.25) is 0 Å². The van der Waals surface area contributed by atoms with E-state index in [1.165, 1.54) is 6.26 Å². The molecule has 1 saturated heterocycles. The molecular formula is C14H21NO4S. The second-order valence-corrected chi connectivity index (χ2v) is 7.15. The summed E-state index contributed by atoms with van der Waals surface area (Å²) in [6, 6.07) is 7.10. The monoisotopic (exact) mass is 299 g/mol. The number of hydrogen-bond acceptors (Lipinski definition) is 5. The molecule has 0 saturated carbocycles. The van der Waals surface area contributed by atoms with Crippen molar-refractivity contribution in [1.29, 1.82) is 0 Å². The smallest absolute Gasteiger partial charge is 0.177 e. The van der Waals surface area contributed by atoms with Gasteiger partial charge in [0, 0.05) is 26.5 Å². The van der Waals surface area contributed by atoms with E-state index < -0.39 is 9.84 Å². The molecule has 2 unspecified atom stereocenters. The van der Waals surface area contributed by atoms with Crippen LogP contribution in [0.3, 0.4) is 0 Å². The molecule has 2 rings (SSSR count). The molecule has 0 aromatic heterocycles. The molecule has 1 aliphatic heterocycles. The molecule has 1 fully saturated rings. The van der Waals surface area contributed by atoms with Crippen molar-refractivity contribution in [2.24, 2.45) is 0 Å². The van der Waals surface area contributed by atoms with E-state index in [1.54, 1.807) is 19.2 Å². The van der Waals surface area contributed by atoms with Gasteiger partial charge in [0.2, 0.25) is 0 Å². The number of para-hydroxylation sites is 1. The highest BCUT2D eigenvalue weighted by Gasteiger charge is 2.28. The molecule has 1 heterocycles. The zero-order valence-corrected chi connectivity index (χ0v) is 12.9. The van der Waals surface area contributed by atoms with Crippen molar-refractivity contribution in [3.05, 3.63) is 24.3 Å². The number of morpholine rings is 1. The Labute approximate surface area is 120 Å². The van der Waals surface area contributed by atoms with E-state index in [-0.39, 0.29) is 12.2 Å². The third-order valence-corrected chi connectivity index (χ3v) is 4.43. The molecule has 0 radical (unpaired) electrons. The minimum absolute atomic E-state index is 0.0384. The zero-order chi connectivity index (χ0) is 14.8. The lowest BCUT2D eigenvalue weighted by molar-refractivity contribution is -0.0512. The number of benzene rings is 1. The van der Waals surface area contributed by atoms with Gasteiger partial charge >= 0.3 is 0 Å². The van der Waals surface area contributed by atoms with Gasteiger partial charge in [-0.05, 0) is 19.1 Å². The molecule has 5 nitrogen and oxygen atoms in total. The van der Waals surface area contributed by atoms with Crippen molar-refractivity contribution in [2.75, 3.05) is 38.0 Å². The van der Waals surface area contributed by atoms with Crippen LogP contribution < -0.4 is 4.90 Å². The van der Waals surface area contributed by atoms with Crippen LogP contribution in [0, 0.1) is 0 Å². The van der Waals surface area contributed by atoms with E-state index in [0.29, 0.717) is 24.6 Å². The molecule has 0 aliphatic carbocycles. The van der Waals surface area contributed by atoms with Gasteiger partial charge in [-0.1, -0.05) is 12.1 Å². The van der Waals surface area contributed by atoms with Gasteiger partial charge in [0.05, 0.1) is 29.4 Å². The quantitative estimate of drug-likeness (QED) is 0.839. The average molecular weight is 299 g/mol. The van der Waals surface area contributed by atoms with E-state index in [4.69, 9.17) is 9.47 Å². The van der Waals surface area contributed by atoms with Gasteiger partial charge in [0.15, 0.2) is 9.84 Å². The van der Waals surface area contributed by atoms with Gasteiger partial charge in [0.25, 0.3) is 0 Å². The van der Waals surface area contributed by atoms with Gasteiger partial charge in [-0.25, -0.2) is 8.42 Å². The van der Waals surface area contributed by atoms with Crippen molar-refractivity contribution in [1.82, 2.24) is 0 Å². The van der Waals surface area contributed by atoms with Crippen LogP contribution in [0.5, 0.6) is 0 Å². The Hall–Kier alpha value is -1.11. The summed E-state index contributed by atoms with van der Waals surface area (Å²) >= 11 is 0. The number of methoxy groups -OCH3 is 1. The first-order chi connectivity index (χ1) is 9.41. The fourth-order valence-corrected chi connectivity index (χ4v) is 3.45. The lowest BCUT2D eigenvalue weighted by atomic mass is 10.2. The van der Waals surface area contributed by atoms with Crippen molar-refractivity contribution >= 4 is 15.5 Å². The number of anilines is 1. The van der Waals surface area contributed by atoms with Crippen LogP contribution in [0.2, 0.25) is 0 Å². The molecule has 0 N–H and O–H groups in total. The predicted octanol–water partition coefficient (Wildman–Crippen LogP) is 1.33. The van der Waals surface area contributed by atoms with Crippen LogP contribution in [-0.2, 0) is 19.3 Å². The number of sulfone groups is 1. The molecule has 20 heavy (non-hydrogen) atoms. The molecule has 1 aromatic carbocycles. The van der Waals surface area contributed by atoms with Crippen LogP contribution in [0.4, 0.5) is 5.69 Å². The third-order valence-electron chi connectivity index (χ3n) is 3.28. The lowest BCUT2D eigenvalue weighted by Gasteiger charge is -2.38. The highest BCUT2D eigenvalue weighted by atomic mass is 32.2. The summed E-state index contributed by atoms with van der Waals surface area (Å²) in [6.45, 7) is 3.79. The molecule has 1 aromatic rings. The Balaban J connectivity index is 2.31. The van der Waals surface area contributed by atoms with Crippen LogP contribution in [0.25, 0.3) is 0 Å². The average Bonchev–Trinajstić information content (AvgIpc) is 2.37. The summed E-state index contributed by atoms with van der Waals surface area (Å²) < 4.78 is 34.7. The highest BCUT2D eigenvalue weighted by molar-refractivity contribution is 7.90. The van der Waals surface area contributed by atoms with Gasteiger partial charge < -0.3 is 14.4 Å². The summed E-state index contributed by atoms with van der Waals surface area (Å²) in [5.41, 5.74) is 0.742. The van der Waals surface area contributed by atoms with E-state index in [0.717, 1.165) is 5.69 Å². The summed E-state index contributed by atoms with van der Waals surface area (Å²) in [5, 5.41) is 0. The van der Waals surface area contributed by atoms with Crippen LogP contribution in [-0.4, -0.2) is 53.7 Å². The van der Waals surface area contributed by atoms with Crippen molar-refractivity contribution in [3.8, 4) is 0 Å². The summed E-state index contributed by atoms with van der Waals surface area (Å²) in [4.78, 5) is 2.43. The van der Waals surface area contributed by atoms with Gasteiger partial charge in [-0.15, -0.1) is 0 Å². The molecule has 112 valence electrons. The van der Waals surface area contributed by atoms with Crippen molar-refractivity contribution in [2.45, 2.75) is 24.0 Å². The largest absolute Gasteiger partial charge is 0.382 e. The third kappa shape index (κ3) is 3.50. The predicted molar refractivity (Wildman–Crippen MR) is 78.0 cm³/mol. The van der Waals surface area contributed by atoms with Crippen molar-refractivity contribution in [3.63, 3.8) is 0 Å². The first kappa shape index (κ1) is 15.3. The van der Waals surface area contributed by atoms with Gasteiger partial charge in [-0.2, -0.15) is 0 Å². The first-order valence-electron chi connectivity index (χ1n) is 6.60. The Bertz CT molecular complexity index is 558. The molecule has 6 heteroatoms.